The number of hydrogen-bond acceptors (Lipinski definition) is 3. The van der Waals surface area contributed by atoms with Gasteiger partial charge in [0.1, 0.15) is 5.56 Å². The van der Waals surface area contributed by atoms with Crippen LogP contribution >= 0.6 is 0 Å². The highest BCUT2D eigenvalue weighted by atomic mass is 19.2. The predicted molar refractivity (Wildman–Crippen MR) is 84.3 cm³/mol. The number of esters is 1. The van der Waals surface area contributed by atoms with Gasteiger partial charge in [-0.25, -0.2) is 18.0 Å². The second-order valence-electron chi connectivity index (χ2n) is 6.58. The van der Waals surface area contributed by atoms with Crippen molar-refractivity contribution in [2.45, 2.75) is 44.6 Å². The van der Waals surface area contributed by atoms with Crippen LogP contribution in [0.15, 0.2) is 11.0 Å². The van der Waals surface area contributed by atoms with Crippen LogP contribution in [0.1, 0.15) is 60.5 Å². The van der Waals surface area contributed by atoms with E-state index in [4.69, 9.17) is 4.74 Å². The molecule has 0 N–H and O–H groups in total. The molecule has 2 saturated carbocycles. The van der Waals surface area contributed by atoms with Gasteiger partial charge < -0.3 is 9.30 Å². The summed E-state index contributed by atoms with van der Waals surface area (Å²) in [7, 11) is 0. The molecule has 7 heteroatoms. The summed E-state index contributed by atoms with van der Waals surface area (Å²) in [5, 5.41) is -0.711. The van der Waals surface area contributed by atoms with Crippen molar-refractivity contribution in [3.63, 3.8) is 0 Å². The van der Waals surface area contributed by atoms with E-state index < -0.39 is 39.8 Å². The Morgan fingerprint density at radius 1 is 1.16 bits per heavy atom. The number of nitrogens with zero attached hydrogens (tertiary/aromatic N) is 1. The first-order chi connectivity index (χ1) is 12.0. The molecular formula is C18H16F3NO3. The molecule has 0 spiro atoms. The Morgan fingerprint density at radius 3 is 2.40 bits per heavy atom. The van der Waals surface area contributed by atoms with Gasteiger partial charge >= 0.3 is 5.97 Å². The summed E-state index contributed by atoms with van der Waals surface area (Å²) in [6.07, 6.45) is 3.84. The summed E-state index contributed by atoms with van der Waals surface area (Å²) in [4.78, 5) is 24.6. The summed E-state index contributed by atoms with van der Waals surface area (Å²) in [6, 6.07) is -0.136. The Hall–Kier alpha value is -2.31. The van der Waals surface area contributed by atoms with Crippen molar-refractivity contribution in [1.29, 1.82) is 0 Å². The molecule has 1 aromatic carbocycles. The number of ether oxygens (including phenoxy) is 1. The van der Waals surface area contributed by atoms with Crippen LogP contribution in [0.3, 0.4) is 0 Å². The number of carbonyl (C=O) groups excluding carboxylic acids is 1. The number of carbonyl (C=O) groups is 1. The number of rotatable bonds is 4. The van der Waals surface area contributed by atoms with Crippen molar-refractivity contribution in [3.8, 4) is 0 Å². The quantitative estimate of drug-likeness (QED) is 0.622. The molecule has 132 valence electrons. The van der Waals surface area contributed by atoms with Crippen molar-refractivity contribution in [2.24, 2.45) is 0 Å². The molecule has 1 heterocycles. The summed E-state index contributed by atoms with van der Waals surface area (Å²) in [5.41, 5.74) is -1.98. The van der Waals surface area contributed by atoms with Crippen LogP contribution in [0.4, 0.5) is 13.2 Å². The minimum Gasteiger partial charge on any atom is -0.462 e. The smallest absolute Gasteiger partial charge is 0.343 e. The second-order valence-corrected chi connectivity index (χ2v) is 6.58. The Bertz CT molecular complexity index is 959. The van der Waals surface area contributed by atoms with E-state index in [9.17, 15) is 18.4 Å². The summed E-state index contributed by atoms with van der Waals surface area (Å²) in [5.74, 6) is -4.88. The molecule has 4 nitrogen and oxygen atoms in total. The SMILES string of the molecule is CCOC(=O)c1cn(C2CC2)c2c(F)c(C3CC3)c(F)c(F)c2c1=O. The standard InChI is InChI=1S/C18H16F3NO3/c1-2-25-18(24)10-7-22(9-5-6-9)16-12(17(10)23)14(20)13(19)11(15(16)21)8-3-4-8/h7-9H,2-6H2,1H3. The highest BCUT2D eigenvalue weighted by molar-refractivity contribution is 5.94. The fourth-order valence-corrected chi connectivity index (χ4v) is 3.24. The molecule has 0 amide bonds. The van der Waals surface area contributed by atoms with E-state index in [0.29, 0.717) is 12.8 Å². The van der Waals surface area contributed by atoms with Crippen LogP contribution in [-0.2, 0) is 4.74 Å². The first-order valence-corrected chi connectivity index (χ1v) is 8.38. The molecule has 2 aromatic rings. The number of halogens is 3. The maximum Gasteiger partial charge on any atom is 0.343 e. The second kappa shape index (κ2) is 5.61. The molecule has 1 aromatic heterocycles. The molecule has 0 unspecified atom stereocenters. The number of hydrogen-bond donors (Lipinski definition) is 0. The zero-order chi connectivity index (χ0) is 17.9. The minimum absolute atomic E-state index is 0.0333. The van der Waals surface area contributed by atoms with Crippen molar-refractivity contribution in [1.82, 2.24) is 4.57 Å². The lowest BCUT2D eigenvalue weighted by Crippen LogP contribution is -2.23. The van der Waals surface area contributed by atoms with Gasteiger partial charge in [-0.1, -0.05) is 0 Å². The average Bonchev–Trinajstić information content (AvgIpc) is 3.45. The van der Waals surface area contributed by atoms with Crippen LogP contribution < -0.4 is 5.43 Å². The minimum atomic E-state index is -1.39. The molecular weight excluding hydrogens is 335 g/mol. The van der Waals surface area contributed by atoms with Crippen LogP contribution in [0, 0.1) is 17.5 Å². The lowest BCUT2D eigenvalue weighted by Gasteiger charge is -2.16. The monoisotopic (exact) mass is 351 g/mol. The van der Waals surface area contributed by atoms with Crippen LogP contribution in [0.25, 0.3) is 10.9 Å². The zero-order valence-corrected chi connectivity index (χ0v) is 13.6. The molecule has 2 aliphatic rings. The average molecular weight is 351 g/mol. The van der Waals surface area contributed by atoms with Crippen LogP contribution in [0.5, 0.6) is 0 Å². The van der Waals surface area contributed by atoms with Gasteiger partial charge in [0, 0.05) is 17.8 Å². The first-order valence-electron chi connectivity index (χ1n) is 8.38. The van der Waals surface area contributed by atoms with E-state index in [1.54, 1.807) is 6.92 Å². The Labute approximate surface area is 141 Å². The van der Waals surface area contributed by atoms with E-state index >= 15 is 4.39 Å². The summed E-state index contributed by atoms with van der Waals surface area (Å²) >= 11 is 0. The van der Waals surface area contributed by atoms with Gasteiger partial charge in [-0.15, -0.1) is 0 Å². The van der Waals surface area contributed by atoms with Gasteiger partial charge in [0.05, 0.1) is 17.5 Å². The van der Waals surface area contributed by atoms with Crippen molar-refractivity contribution >= 4 is 16.9 Å². The largest absolute Gasteiger partial charge is 0.462 e. The van der Waals surface area contributed by atoms with Gasteiger partial charge in [0.15, 0.2) is 17.5 Å². The summed E-state index contributed by atoms with van der Waals surface area (Å²) in [6.45, 7) is 1.60. The fraction of sp³-hybridized carbons (Fsp3) is 0.444. The van der Waals surface area contributed by atoms with Gasteiger partial charge in [-0.3, -0.25) is 4.79 Å². The van der Waals surface area contributed by atoms with E-state index in [0.717, 1.165) is 12.8 Å². The van der Waals surface area contributed by atoms with Crippen LogP contribution in [0.2, 0.25) is 0 Å². The molecule has 0 aliphatic heterocycles. The lowest BCUT2D eigenvalue weighted by molar-refractivity contribution is 0.0524. The highest BCUT2D eigenvalue weighted by Gasteiger charge is 2.37. The molecule has 4 rings (SSSR count). The van der Waals surface area contributed by atoms with E-state index in [2.05, 4.69) is 0 Å². The molecule has 25 heavy (non-hydrogen) atoms. The zero-order valence-electron chi connectivity index (χ0n) is 13.6. The summed E-state index contributed by atoms with van der Waals surface area (Å²) < 4.78 is 50.3. The number of pyridine rings is 1. The maximum absolute atomic E-state index is 15.0. The first kappa shape index (κ1) is 16.2. The maximum atomic E-state index is 15.0. The normalized spacial score (nSPS) is 17.1. The Balaban J connectivity index is 2.10. The molecule has 0 bridgehead atoms. The number of benzene rings is 1. The fourth-order valence-electron chi connectivity index (χ4n) is 3.24. The molecule has 0 radical (unpaired) electrons. The van der Waals surface area contributed by atoms with E-state index in [1.165, 1.54) is 10.8 Å². The third-order valence-electron chi connectivity index (χ3n) is 4.75. The lowest BCUT2D eigenvalue weighted by atomic mass is 10.0. The third kappa shape index (κ3) is 2.44. The van der Waals surface area contributed by atoms with Crippen LogP contribution in [-0.4, -0.2) is 17.1 Å². The van der Waals surface area contributed by atoms with Gasteiger partial charge in [-0.05, 0) is 38.5 Å². The van der Waals surface area contributed by atoms with Gasteiger partial charge in [0.2, 0.25) is 5.43 Å². The third-order valence-corrected chi connectivity index (χ3v) is 4.75. The Morgan fingerprint density at radius 2 is 1.84 bits per heavy atom. The Kier molecular flexibility index (Phi) is 3.63. The predicted octanol–water partition coefficient (Wildman–Crippen LogP) is 3.81. The van der Waals surface area contributed by atoms with E-state index in [-0.39, 0.29) is 29.6 Å². The van der Waals surface area contributed by atoms with Crippen molar-refractivity contribution in [3.05, 3.63) is 45.0 Å². The van der Waals surface area contributed by atoms with Crippen molar-refractivity contribution in [2.75, 3.05) is 6.61 Å². The van der Waals surface area contributed by atoms with Gasteiger partial charge in [0.25, 0.3) is 0 Å². The van der Waals surface area contributed by atoms with Crippen molar-refractivity contribution < 1.29 is 22.7 Å². The topological polar surface area (TPSA) is 48.3 Å². The molecule has 0 atom stereocenters. The number of fused-ring (bicyclic) bond motifs is 1. The van der Waals surface area contributed by atoms with E-state index in [1.807, 2.05) is 0 Å². The highest BCUT2D eigenvalue weighted by Crippen LogP contribution is 2.46. The number of aromatic nitrogens is 1. The molecule has 0 saturated heterocycles. The molecule has 2 aliphatic carbocycles. The molecule has 2 fully saturated rings. The van der Waals surface area contributed by atoms with Gasteiger partial charge in [-0.2, -0.15) is 0 Å².